The van der Waals surface area contributed by atoms with E-state index in [1.54, 1.807) is 20.1 Å². The van der Waals surface area contributed by atoms with Crippen molar-refractivity contribution in [3.63, 3.8) is 0 Å². The van der Waals surface area contributed by atoms with Gasteiger partial charge in [-0.3, -0.25) is 0 Å². The van der Waals surface area contributed by atoms with Gasteiger partial charge in [0, 0.05) is 45.5 Å². The van der Waals surface area contributed by atoms with Crippen LogP contribution < -0.4 is 29.3 Å². The first kappa shape index (κ1) is 53.7. The highest BCUT2D eigenvalue weighted by molar-refractivity contribution is 5.69. The molecular weight excluding hydrogens is 881 g/mol. The molecule has 16 nitrogen and oxygen atoms in total. The van der Waals surface area contributed by atoms with Crippen LogP contribution in [0.2, 0.25) is 0 Å². The van der Waals surface area contributed by atoms with Gasteiger partial charge in [-0.2, -0.15) is 15.8 Å². The predicted molar refractivity (Wildman–Crippen MR) is 265 cm³/mol. The van der Waals surface area contributed by atoms with Crippen molar-refractivity contribution in [2.75, 3.05) is 141 Å². The molecule has 0 saturated carbocycles. The number of nitrogens with one attached hydrogen (secondary N) is 1. The van der Waals surface area contributed by atoms with Crippen LogP contribution in [-0.2, 0) is 28.4 Å². The average Bonchev–Trinajstić information content (AvgIpc) is 3.63. The molecule has 0 aromatic heterocycles. The summed E-state index contributed by atoms with van der Waals surface area (Å²) in [7, 11) is 1.62. The second-order valence-electron chi connectivity index (χ2n) is 16.5. The number of fused-ring (bicyclic) bond motifs is 2. The summed E-state index contributed by atoms with van der Waals surface area (Å²) >= 11 is 0. The Kier molecular flexibility index (Phi) is 22.5. The van der Waals surface area contributed by atoms with Crippen molar-refractivity contribution in [2.45, 2.75) is 46.1 Å². The largest absolute Gasteiger partial charge is 0.490 e. The molecule has 16 heteroatoms. The van der Waals surface area contributed by atoms with Crippen LogP contribution in [-0.4, -0.2) is 136 Å². The summed E-state index contributed by atoms with van der Waals surface area (Å²) in [5.41, 5.74) is 4.71. The highest BCUT2D eigenvalue weighted by Gasteiger charge is 2.42. The minimum absolute atomic E-state index is 0.0596. The van der Waals surface area contributed by atoms with Gasteiger partial charge in [0.1, 0.15) is 66.5 Å². The van der Waals surface area contributed by atoms with Crippen LogP contribution in [0.1, 0.15) is 43.4 Å². The van der Waals surface area contributed by atoms with E-state index in [0.717, 1.165) is 45.3 Å². The number of methoxy groups -OCH3 is 1. The van der Waals surface area contributed by atoms with E-state index in [2.05, 4.69) is 39.4 Å². The summed E-state index contributed by atoms with van der Waals surface area (Å²) in [6.07, 6.45) is 4.34. The van der Waals surface area contributed by atoms with Gasteiger partial charge in [-0.05, 0) is 93.6 Å². The van der Waals surface area contributed by atoms with Crippen molar-refractivity contribution < 1.29 is 47.7 Å². The van der Waals surface area contributed by atoms with E-state index in [4.69, 9.17) is 42.6 Å². The molecule has 3 aromatic rings. The van der Waals surface area contributed by atoms with Crippen molar-refractivity contribution >= 4 is 23.1 Å². The lowest BCUT2D eigenvalue weighted by Crippen LogP contribution is -2.34. The van der Waals surface area contributed by atoms with Gasteiger partial charge in [0.05, 0.1) is 83.0 Å². The Labute approximate surface area is 407 Å². The second kappa shape index (κ2) is 28.9. The van der Waals surface area contributed by atoms with E-state index in [1.165, 1.54) is 0 Å². The molecule has 2 heterocycles. The summed E-state index contributed by atoms with van der Waals surface area (Å²) in [6, 6.07) is 24.0. The fourth-order valence-electron chi connectivity index (χ4n) is 7.84. The monoisotopic (exact) mass is 948 g/mol. The molecule has 0 radical (unpaired) electrons. The molecule has 0 saturated heterocycles. The van der Waals surface area contributed by atoms with E-state index in [9.17, 15) is 20.9 Å². The first-order chi connectivity index (χ1) is 33.7. The molecule has 0 bridgehead atoms. The Morgan fingerprint density at radius 1 is 0.797 bits per heavy atom. The number of anilines is 3. The summed E-state index contributed by atoms with van der Waals surface area (Å²) in [4.78, 5) is 4.41. The molecule has 2 aliphatic rings. The lowest BCUT2D eigenvalue weighted by atomic mass is 9.88. The average molecular weight is 949 g/mol. The molecule has 370 valence electrons. The fourth-order valence-corrected chi connectivity index (χ4v) is 7.84. The number of hydrogen-bond acceptors (Lipinski definition) is 16. The maximum absolute atomic E-state index is 10.3. The SMILES string of the molecule is CCOCCOCCN1CCOCCOCCNc2ccc(C)cc2OCCN(c2ccc(C=CC3=C(C#N)C(=C(C#N)C#N)OC3(C)CCCO)cc2OCCOC)CCOc2cc(C)ccc21. The van der Waals surface area contributed by atoms with E-state index >= 15 is 0 Å². The van der Waals surface area contributed by atoms with Crippen LogP contribution in [0.25, 0.3) is 6.08 Å². The zero-order valence-corrected chi connectivity index (χ0v) is 40.9. The van der Waals surface area contributed by atoms with Gasteiger partial charge < -0.3 is 62.9 Å². The smallest absolute Gasteiger partial charge is 0.172 e. The van der Waals surface area contributed by atoms with Gasteiger partial charge in [-0.25, -0.2) is 0 Å². The highest BCUT2D eigenvalue weighted by Crippen LogP contribution is 2.43. The molecule has 0 amide bonds. The number of rotatable bonds is 17. The number of aliphatic hydroxyl groups excluding tert-OH is 1. The lowest BCUT2D eigenvalue weighted by Gasteiger charge is -2.29. The number of hydrogen-bond donors (Lipinski definition) is 2. The van der Waals surface area contributed by atoms with Crippen molar-refractivity contribution in [3.8, 4) is 35.5 Å². The van der Waals surface area contributed by atoms with Crippen LogP contribution in [0.15, 0.2) is 83.2 Å². The van der Waals surface area contributed by atoms with Crippen LogP contribution in [0.3, 0.4) is 0 Å². The topological polar surface area (TPSA) is 193 Å². The molecule has 69 heavy (non-hydrogen) atoms. The second-order valence-corrected chi connectivity index (χ2v) is 16.5. The van der Waals surface area contributed by atoms with E-state index in [-0.39, 0.29) is 30.1 Å². The molecule has 0 spiro atoms. The molecular formula is C53H68N6O10. The Morgan fingerprint density at radius 3 is 2.23 bits per heavy atom. The highest BCUT2D eigenvalue weighted by atomic mass is 16.5. The minimum atomic E-state index is -1.07. The van der Waals surface area contributed by atoms with Gasteiger partial charge in [0.2, 0.25) is 0 Å². The molecule has 5 rings (SSSR count). The predicted octanol–water partition coefficient (Wildman–Crippen LogP) is 7.31. The molecule has 0 aliphatic carbocycles. The maximum Gasteiger partial charge on any atom is 0.172 e. The van der Waals surface area contributed by atoms with Gasteiger partial charge >= 0.3 is 0 Å². The maximum atomic E-state index is 10.3. The number of ether oxygens (including phenoxy) is 9. The summed E-state index contributed by atoms with van der Waals surface area (Å²) in [5.74, 6) is 1.99. The van der Waals surface area contributed by atoms with Crippen LogP contribution in [0.5, 0.6) is 17.2 Å². The van der Waals surface area contributed by atoms with E-state index < -0.39 is 5.60 Å². The third kappa shape index (κ3) is 16.2. The van der Waals surface area contributed by atoms with Gasteiger partial charge in [0.25, 0.3) is 0 Å². The Bertz CT molecular complexity index is 2320. The zero-order chi connectivity index (χ0) is 49.3. The summed E-state index contributed by atoms with van der Waals surface area (Å²) < 4.78 is 54.6. The third-order valence-corrected chi connectivity index (χ3v) is 11.4. The molecule has 1 unspecified atom stereocenters. The van der Waals surface area contributed by atoms with Crippen molar-refractivity contribution in [1.82, 2.24) is 0 Å². The molecule has 2 aliphatic heterocycles. The summed E-state index contributed by atoms with van der Waals surface area (Å²) in [5, 5.41) is 42.8. The van der Waals surface area contributed by atoms with Crippen molar-refractivity contribution in [1.29, 1.82) is 15.8 Å². The molecule has 1 atom stereocenters. The van der Waals surface area contributed by atoms with Gasteiger partial charge in [-0.1, -0.05) is 30.4 Å². The van der Waals surface area contributed by atoms with Gasteiger partial charge in [0.15, 0.2) is 11.3 Å². The van der Waals surface area contributed by atoms with Crippen LogP contribution >= 0.6 is 0 Å². The number of allylic oxidation sites excluding steroid dienone is 2. The van der Waals surface area contributed by atoms with Crippen molar-refractivity contribution in [3.05, 3.63) is 99.8 Å². The van der Waals surface area contributed by atoms with Crippen LogP contribution in [0, 0.1) is 47.8 Å². The zero-order valence-electron chi connectivity index (χ0n) is 40.9. The Balaban J connectivity index is 1.51. The molecule has 3 aromatic carbocycles. The van der Waals surface area contributed by atoms with Gasteiger partial charge in [-0.15, -0.1) is 0 Å². The fraction of sp³-hybridized carbons (Fsp3) is 0.491. The molecule has 0 fully saturated rings. The lowest BCUT2D eigenvalue weighted by molar-refractivity contribution is 0.0498. The quantitative estimate of drug-likeness (QED) is 0.101. The first-order valence-electron chi connectivity index (χ1n) is 23.6. The van der Waals surface area contributed by atoms with Crippen LogP contribution in [0.4, 0.5) is 17.1 Å². The number of benzene rings is 3. The Hall–Kier alpha value is -6.29. The standard InChI is InChI=1S/C53H68N6O10/c1-6-62-29-30-64-24-18-58-19-25-65-32-31-63-23-17-57-46-13-8-40(2)34-49(46)66-26-20-59(21-27-67-50-35-41(3)9-14-47(50)58)48-15-11-42(36-51(48)68-33-28-61-5)10-12-45-44(39-56)52(43(37-54)38-55)69-53(45,4)16-7-22-60/h8-15,34-36,57,60H,6-7,16-33H2,1-5H3. The van der Waals surface area contributed by atoms with Crippen molar-refractivity contribution in [2.24, 2.45) is 0 Å². The number of aliphatic hydroxyl groups is 1. The third-order valence-electron chi connectivity index (χ3n) is 11.4. The summed E-state index contributed by atoms with van der Waals surface area (Å²) in [6.45, 7) is 15.8. The number of nitrogens with zero attached hydrogens (tertiary/aromatic N) is 5. The first-order valence-corrected chi connectivity index (χ1v) is 23.6. The normalized spacial score (nSPS) is 17.5. The number of nitriles is 3. The minimum Gasteiger partial charge on any atom is -0.490 e. The Morgan fingerprint density at radius 2 is 1.51 bits per heavy atom. The van der Waals surface area contributed by atoms with E-state index in [1.807, 2.05) is 75.4 Å². The number of aryl methyl sites for hydroxylation is 2. The van der Waals surface area contributed by atoms with E-state index in [0.29, 0.717) is 130 Å². The molecule has 2 N–H and O–H groups in total.